The van der Waals surface area contributed by atoms with Crippen molar-refractivity contribution < 1.29 is 14.3 Å². The van der Waals surface area contributed by atoms with E-state index in [1.807, 2.05) is 73.7 Å². The average Bonchev–Trinajstić information content (AvgIpc) is 3.39. The number of hydrogen-bond donors (Lipinski definition) is 1. The Hall–Kier alpha value is -4.04. The van der Waals surface area contributed by atoms with Gasteiger partial charge in [-0.2, -0.15) is 0 Å². The zero-order chi connectivity index (χ0) is 21.4. The Kier molecular flexibility index (Phi) is 4.68. The Morgan fingerprint density at radius 2 is 1.81 bits per heavy atom. The monoisotopic (exact) mass is 427 g/mol. The molecule has 0 aliphatic heterocycles. The number of nitrogen functional groups attached to an aromatic ring is 1. The second-order valence-electron chi connectivity index (χ2n) is 6.95. The number of benzene rings is 2. The lowest BCUT2D eigenvalue weighted by atomic mass is 10.1. The van der Waals surface area contributed by atoms with Crippen LogP contribution < -0.4 is 15.5 Å². The Morgan fingerprint density at radius 1 is 1.10 bits per heavy atom. The van der Waals surface area contributed by atoms with Crippen molar-refractivity contribution in [3.8, 4) is 16.9 Å². The third kappa shape index (κ3) is 3.53. The summed E-state index contributed by atoms with van der Waals surface area (Å²) in [4.78, 5) is 9.83. The van der Waals surface area contributed by atoms with Gasteiger partial charge in [-0.05, 0) is 23.2 Å². The van der Waals surface area contributed by atoms with Gasteiger partial charge in [0.15, 0.2) is 0 Å². The second kappa shape index (κ2) is 7.66. The molecule has 0 saturated heterocycles. The molecule has 152 valence electrons. The van der Waals surface area contributed by atoms with Crippen molar-refractivity contribution in [3.05, 3.63) is 83.4 Å². The topological polar surface area (TPSA) is 104 Å². The summed E-state index contributed by atoms with van der Waals surface area (Å²) in [6.45, 7) is 1.98. The number of hydrogen-bond acceptors (Lipinski definition) is 7. The Balaban J connectivity index is 1.53. The van der Waals surface area contributed by atoms with Crippen LogP contribution in [0.5, 0.6) is 0 Å². The van der Waals surface area contributed by atoms with Crippen LogP contribution >= 0.6 is 11.3 Å². The van der Waals surface area contributed by atoms with E-state index in [9.17, 15) is 5.11 Å². The van der Waals surface area contributed by atoms with Gasteiger partial charge >= 0.3 is 5.88 Å². The molecule has 31 heavy (non-hydrogen) atoms. The summed E-state index contributed by atoms with van der Waals surface area (Å²) in [5.74, 6) is -0.393. The predicted octanol–water partition coefficient (Wildman–Crippen LogP) is 3.56. The number of pyridine rings is 1. The number of aliphatic imine (C=N–C) groups is 1. The number of rotatable bonds is 4. The maximum atomic E-state index is 12.8. The molecular weight excluding hydrogens is 410 g/mol. The lowest BCUT2D eigenvalue weighted by molar-refractivity contribution is -0.670. The van der Waals surface area contributed by atoms with E-state index in [1.165, 1.54) is 16.0 Å². The second-order valence-corrected chi connectivity index (χ2v) is 7.95. The maximum absolute atomic E-state index is 12.8. The highest BCUT2D eigenvalue weighted by Crippen LogP contribution is 2.36. The minimum absolute atomic E-state index is 0.0971. The summed E-state index contributed by atoms with van der Waals surface area (Å²) < 4.78 is 6.71. The minimum atomic E-state index is -0.490. The molecule has 8 heteroatoms. The van der Waals surface area contributed by atoms with Crippen LogP contribution in [0.4, 0.5) is 11.6 Å². The Bertz CT molecular complexity index is 1410. The quantitative estimate of drug-likeness (QED) is 0.268. The molecule has 5 aromatic rings. The van der Waals surface area contributed by atoms with Crippen LogP contribution in [-0.4, -0.2) is 16.2 Å². The standard InChI is InChI=1S/C23H17N5O2S/c1-14-12-17-19(24)21(31-23(17)26-20(14)15-8-4-2-5-9-15)22(29)25-18-13-28(27-30-18)16-10-6-3-7-11-16/h2-13H,1H3,(H2-,24,25,27,29). The minimum Gasteiger partial charge on any atom is -0.857 e. The van der Waals surface area contributed by atoms with Crippen molar-refractivity contribution in [3.63, 3.8) is 0 Å². The summed E-state index contributed by atoms with van der Waals surface area (Å²) in [5.41, 5.74) is 10.3. The molecule has 2 aromatic carbocycles. The van der Waals surface area contributed by atoms with E-state index >= 15 is 0 Å². The zero-order valence-electron chi connectivity index (χ0n) is 16.5. The largest absolute Gasteiger partial charge is 0.857 e. The molecule has 7 nitrogen and oxygen atoms in total. The first-order chi connectivity index (χ1) is 15.1. The highest BCUT2D eigenvalue weighted by Gasteiger charge is 2.17. The van der Waals surface area contributed by atoms with E-state index in [0.717, 1.165) is 27.9 Å². The van der Waals surface area contributed by atoms with Gasteiger partial charge in [0.2, 0.25) is 11.0 Å². The lowest BCUT2D eigenvalue weighted by Gasteiger charge is -2.07. The first-order valence-electron chi connectivity index (χ1n) is 9.55. The van der Waals surface area contributed by atoms with Gasteiger partial charge in [-0.15, -0.1) is 11.3 Å². The van der Waals surface area contributed by atoms with Gasteiger partial charge in [0.1, 0.15) is 4.83 Å². The molecule has 0 aliphatic carbocycles. The lowest BCUT2D eigenvalue weighted by Crippen LogP contribution is -2.30. The Morgan fingerprint density at radius 3 is 2.55 bits per heavy atom. The summed E-state index contributed by atoms with van der Waals surface area (Å²) in [6, 6.07) is 21.3. The van der Waals surface area contributed by atoms with Gasteiger partial charge in [-0.25, -0.2) is 9.98 Å². The molecule has 3 heterocycles. The molecular formula is C23H17N5O2S. The number of aromatic nitrogens is 3. The highest BCUT2D eigenvalue weighted by molar-refractivity contribution is 7.21. The summed E-state index contributed by atoms with van der Waals surface area (Å²) in [6.07, 6.45) is 1.55. The molecule has 0 saturated carbocycles. The third-order valence-electron chi connectivity index (χ3n) is 4.84. The number of para-hydroxylation sites is 1. The van der Waals surface area contributed by atoms with Crippen LogP contribution in [0.2, 0.25) is 0 Å². The van der Waals surface area contributed by atoms with E-state index in [-0.39, 0.29) is 5.88 Å². The molecule has 0 aliphatic rings. The molecule has 2 N–H and O–H groups in total. The summed E-state index contributed by atoms with van der Waals surface area (Å²) in [7, 11) is 0. The number of fused-ring (bicyclic) bond motifs is 1. The van der Waals surface area contributed by atoms with E-state index in [4.69, 9.17) is 15.2 Å². The van der Waals surface area contributed by atoms with Crippen molar-refractivity contribution in [1.29, 1.82) is 0 Å². The zero-order valence-corrected chi connectivity index (χ0v) is 17.3. The van der Waals surface area contributed by atoms with Gasteiger partial charge in [0.05, 0.1) is 16.3 Å². The Labute approximate surface area is 181 Å². The fourth-order valence-electron chi connectivity index (χ4n) is 3.33. The van der Waals surface area contributed by atoms with Crippen LogP contribution in [0.3, 0.4) is 0 Å². The first-order valence-corrected chi connectivity index (χ1v) is 10.4. The van der Waals surface area contributed by atoms with Gasteiger partial charge in [0.25, 0.3) is 6.20 Å². The molecule has 0 spiro atoms. The van der Waals surface area contributed by atoms with Crippen LogP contribution in [0.15, 0.2) is 82.4 Å². The van der Waals surface area contributed by atoms with Gasteiger partial charge in [-0.3, -0.25) is 4.52 Å². The van der Waals surface area contributed by atoms with Crippen LogP contribution in [0.25, 0.3) is 27.2 Å². The van der Waals surface area contributed by atoms with Crippen LogP contribution in [0.1, 0.15) is 10.4 Å². The van der Waals surface area contributed by atoms with Gasteiger partial charge < -0.3 is 10.8 Å². The highest BCUT2D eigenvalue weighted by atomic mass is 32.1. The van der Waals surface area contributed by atoms with E-state index in [0.29, 0.717) is 15.4 Å². The molecule has 3 aromatic heterocycles. The van der Waals surface area contributed by atoms with Crippen molar-refractivity contribution in [2.45, 2.75) is 6.92 Å². The van der Waals surface area contributed by atoms with Gasteiger partial charge in [-0.1, -0.05) is 48.5 Å². The van der Waals surface area contributed by atoms with Crippen LogP contribution in [-0.2, 0) is 0 Å². The van der Waals surface area contributed by atoms with E-state index in [2.05, 4.69) is 10.3 Å². The molecule has 0 unspecified atom stereocenters. The third-order valence-corrected chi connectivity index (χ3v) is 5.94. The number of aryl methyl sites for hydroxylation is 1. The average molecular weight is 427 g/mol. The fraction of sp³-hybridized carbons (Fsp3) is 0.0435. The summed E-state index contributed by atoms with van der Waals surface area (Å²) in [5, 5.41) is 17.5. The summed E-state index contributed by atoms with van der Waals surface area (Å²) >= 11 is 1.22. The molecule has 0 radical (unpaired) electrons. The normalized spacial score (nSPS) is 11.8. The number of nitrogens with zero attached hydrogens (tertiary/aromatic N) is 4. The van der Waals surface area contributed by atoms with E-state index < -0.39 is 5.90 Å². The van der Waals surface area contributed by atoms with Gasteiger partial charge in [0, 0.05) is 29.0 Å². The number of thiophene rings is 1. The molecule has 0 fully saturated rings. The molecule has 0 amide bonds. The molecule has 0 atom stereocenters. The van der Waals surface area contributed by atoms with Crippen molar-refractivity contribution in [1.82, 2.24) is 10.3 Å². The van der Waals surface area contributed by atoms with Crippen molar-refractivity contribution >= 4 is 39.0 Å². The smallest absolute Gasteiger partial charge is 0.321 e. The van der Waals surface area contributed by atoms with Crippen molar-refractivity contribution in [2.24, 2.45) is 4.99 Å². The fourth-order valence-corrected chi connectivity index (χ4v) is 4.29. The predicted molar refractivity (Wildman–Crippen MR) is 118 cm³/mol. The number of anilines is 1. The molecule has 0 bridgehead atoms. The first kappa shape index (κ1) is 19.0. The maximum Gasteiger partial charge on any atom is 0.321 e. The van der Waals surface area contributed by atoms with E-state index in [1.54, 1.807) is 6.20 Å². The van der Waals surface area contributed by atoms with Crippen LogP contribution in [0, 0.1) is 6.92 Å². The van der Waals surface area contributed by atoms with Crippen molar-refractivity contribution in [2.75, 3.05) is 5.73 Å². The SMILES string of the molecule is Cc1cc2c(N)c(/C([O-])=N/c3c[n+](-c4ccccc4)no3)sc2nc1-c1ccccc1. The number of nitrogens with two attached hydrogens (primary N) is 1. The molecule has 5 rings (SSSR count).